The van der Waals surface area contributed by atoms with Gasteiger partial charge in [-0.2, -0.15) is 0 Å². The SMILES string of the molecule is C=CC(=O)Oc1cc(OC(C)C(=O)OCCCCCCCC)ccc1-c1nc(-c2ccc(OC(C)C(=O)OCCCCCCCC)cc2O)nc(-c2ccc(OC(C)C(=O)OCCCCCCCC)cc2O)n1. The maximum atomic E-state index is 12.9. The largest absolute Gasteiger partial charge is 0.507 e. The van der Waals surface area contributed by atoms with Crippen LogP contribution >= 0.6 is 0 Å². The van der Waals surface area contributed by atoms with Crippen molar-refractivity contribution in [2.24, 2.45) is 0 Å². The van der Waals surface area contributed by atoms with Crippen LogP contribution in [0.5, 0.6) is 34.5 Å². The monoisotopic (exact) mass is 1010 g/mol. The molecule has 2 N–H and O–H groups in total. The van der Waals surface area contributed by atoms with E-state index < -0.39 is 42.2 Å². The third-order valence-corrected chi connectivity index (χ3v) is 11.8. The number of nitrogens with zero attached hydrogens (tertiary/aromatic N) is 3. The van der Waals surface area contributed by atoms with Crippen LogP contribution in [0.15, 0.2) is 67.3 Å². The van der Waals surface area contributed by atoms with Crippen LogP contribution in [0, 0.1) is 0 Å². The van der Waals surface area contributed by atoms with Crippen molar-refractivity contribution in [1.29, 1.82) is 0 Å². The van der Waals surface area contributed by atoms with E-state index in [1.807, 2.05) is 0 Å². The molecule has 3 aromatic carbocycles. The van der Waals surface area contributed by atoms with E-state index >= 15 is 0 Å². The van der Waals surface area contributed by atoms with Crippen molar-refractivity contribution in [2.75, 3.05) is 19.8 Å². The van der Waals surface area contributed by atoms with Crippen LogP contribution in [-0.4, -0.2) is 87.2 Å². The molecule has 0 radical (unpaired) electrons. The summed E-state index contributed by atoms with van der Waals surface area (Å²) in [5.74, 6) is -2.87. The van der Waals surface area contributed by atoms with Gasteiger partial charge in [0.15, 0.2) is 35.8 Å². The van der Waals surface area contributed by atoms with Gasteiger partial charge in [-0.25, -0.2) is 34.1 Å². The van der Waals surface area contributed by atoms with Gasteiger partial charge < -0.3 is 43.4 Å². The highest BCUT2D eigenvalue weighted by Crippen LogP contribution is 2.39. The topological polar surface area (TPSA) is 212 Å². The van der Waals surface area contributed by atoms with Gasteiger partial charge in [-0.3, -0.25) is 0 Å². The third kappa shape index (κ3) is 20.4. The molecule has 0 amide bonds. The molecular weight excluding hydrogens is 935 g/mol. The second-order valence-electron chi connectivity index (χ2n) is 18.0. The van der Waals surface area contributed by atoms with Gasteiger partial charge in [0.1, 0.15) is 34.5 Å². The first-order valence-corrected chi connectivity index (χ1v) is 26.2. The van der Waals surface area contributed by atoms with Gasteiger partial charge in [0, 0.05) is 24.3 Å². The number of unbranched alkanes of at least 4 members (excludes halogenated alkanes) is 15. The number of carbonyl (C=O) groups is 4. The van der Waals surface area contributed by atoms with E-state index in [0.717, 1.165) is 102 Å². The number of hydrogen-bond acceptors (Lipinski definition) is 16. The number of aromatic nitrogens is 3. The zero-order chi connectivity index (χ0) is 53.0. The number of aromatic hydroxyl groups is 2. The average molecular weight is 1010 g/mol. The Bertz CT molecular complexity index is 2270. The van der Waals surface area contributed by atoms with Crippen LogP contribution in [0.3, 0.4) is 0 Å². The zero-order valence-corrected chi connectivity index (χ0v) is 43.8. The molecule has 0 aliphatic carbocycles. The smallest absolute Gasteiger partial charge is 0.347 e. The van der Waals surface area contributed by atoms with Crippen molar-refractivity contribution >= 4 is 23.9 Å². The van der Waals surface area contributed by atoms with Gasteiger partial charge in [-0.15, -0.1) is 0 Å². The third-order valence-electron chi connectivity index (χ3n) is 11.8. The lowest BCUT2D eigenvalue weighted by molar-refractivity contribution is -0.152. The van der Waals surface area contributed by atoms with Gasteiger partial charge in [0.2, 0.25) is 0 Å². The number of esters is 4. The van der Waals surface area contributed by atoms with Crippen LogP contribution in [0.4, 0.5) is 0 Å². The lowest BCUT2D eigenvalue weighted by atomic mass is 10.1. The Morgan fingerprint density at radius 3 is 1.14 bits per heavy atom. The maximum Gasteiger partial charge on any atom is 0.347 e. The minimum Gasteiger partial charge on any atom is -0.507 e. The summed E-state index contributed by atoms with van der Waals surface area (Å²) >= 11 is 0. The molecule has 73 heavy (non-hydrogen) atoms. The van der Waals surface area contributed by atoms with Gasteiger partial charge in [-0.05, 0) is 76.4 Å². The van der Waals surface area contributed by atoms with E-state index in [1.54, 1.807) is 20.8 Å². The van der Waals surface area contributed by atoms with Crippen molar-refractivity contribution in [2.45, 2.75) is 175 Å². The first-order chi connectivity index (χ1) is 35.3. The lowest BCUT2D eigenvalue weighted by Gasteiger charge is -2.17. The molecule has 0 saturated heterocycles. The summed E-state index contributed by atoms with van der Waals surface area (Å²) in [7, 11) is 0. The summed E-state index contributed by atoms with van der Waals surface area (Å²) in [4.78, 5) is 65.2. The summed E-state index contributed by atoms with van der Waals surface area (Å²) in [5, 5.41) is 22.9. The summed E-state index contributed by atoms with van der Waals surface area (Å²) in [6.45, 7) is 15.5. The molecule has 398 valence electrons. The molecule has 16 nitrogen and oxygen atoms in total. The zero-order valence-electron chi connectivity index (χ0n) is 43.8. The van der Waals surface area contributed by atoms with Gasteiger partial charge in [-0.1, -0.05) is 124 Å². The Morgan fingerprint density at radius 1 is 0.479 bits per heavy atom. The number of carbonyl (C=O) groups excluding carboxylic acids is 4. The fourth-order valence-corrected chi connectivity index (χ4v) is 7.55. The predicted molar refractivity (Wildman–Crippen MR) is 279 cm³/mol. The summed E-state index contributed by atoms with van der Waals surface area (Å²) in [6, 6.07) is 13.1. The number of phenols is 2. The Balaban J connectivity index is 1.64. The molecule has 0 fully saturated rings. The van der Waals surface area contributed by atoms with E-state index in [1.165, 1.54) is 73.9 Å². The molecule has 0 aliphatic rings. The van der Waals surface area contributed by atoms with Crippen LogP contribution < -0.4 is 18.9 Å². The molecule has 4 aromatic rings. The van der Waals surface area contributed by atoms with E-state index in [9.17, 15) is 29.4 Å². The molecule has 4 rings (SSSR count). The maximum absolute atomic E-state index is 12.9. The number of phenolic OH excluding ortho intramolecular Hbond substituents is 2. The van der Waals surface area contributed by atoms with Gasteiger partial charge in [0.25, 0.3) is 0 Å². The summed E-state index contributed by atoms with van der Waals surface area (Å²) < 4.78 is 39.7. The van der Waals surface area contributed by atoms with Crippen LogP contribution in [-0.2, 0) is 33.4 Å². The Labute approximate surface area is 431 Å². The normalized spacial score (nSPS) is 12.2. The Kier molecular flexibility index (Phi) is 26.1. The molecule has 0 saturated carbocycles. The minimum absolute atomic E-state index is 0.0623. The van der Waals surface area contributed by atoms with Crippen molar-refractivity contribution < 1.29 is 62.5 Å². The average Bonchev–Trinajstić information content (AvgIpc) is 3.37. The summed E-state index contributed by atoms with van der Waals surface area (Å²) in [6.07, 6.45) is 16.8. The fourth-order valence-electron chi connectivity index (χ4n) is 7.55. The Hall–Kier alpha value is -6.71. The quantitative estimate of drug-likeness (QED) is 0.0144. The van der Waals surface area contributed by atoms with E-state index in [-0.39, 0.29) is 88.5 Å². The lowest BCUT2D eigenvalue weighted by Crippen LogP contribution is -2.26. The van der Waals surface area contributed by atoms with Crippen molar-refractivity contribution in [1.82, 2.24) is 15.0 Å². The molecule has 3 atom stereocenters. The second kappa shape index (κ2) is 32.4. The first-order valence-electron chi connectivity index (χ1n) is 26.2. The van der Waals surface area contributed by atoms with E-state index in [0.29, 0.717) is 0 Å². The van der Waals surface area contributed by atoms with E-state index in [2.05, 4.69) is 32.3 Å². The highest BCUT2D eigenvalue weighted by Gasteiger charge is 2.24. The molecule has 16 heteroatoms. The summed E-state index contributed by atoms with van der Waals surface area (Å²) in [5.41, 5.74) is 0.383. The number of hydrogen-bond donors (Lipinski definition) is 2. The van der Waals surface area contributed by atoms with Crippen molar-refractivity contribution in [3.63, 3.8) is 0 Å². The van der Waals surface area contributed by atoms with Crippen molar-refractivity contribution in [3.8, 4) is 68.7 Å². The number of rotatable bonds is 35. The molecule has 3 unspecified atom stereocenters. The second-order valence-corrected chi connectivity index (χ2v) is 18.0. The van der Waals surface area contributed by atoms with E-state index in [4.69, 9.17) is 43.1 Å². The van der Waals surface area contributed by atoms with Gasteiger partial charge >= 0.3 is 23.9 Å². The fraction of sp³-hybridized carbons (Fsp3) is 0.526. The molecular formula is C57H77N3O13. The van der Waals surface area contributed by atoms with Crippen LogP contribution in [0.2, 0.25) is 0 Å². The first kappa shape index (κ1) is 58.9. The molecule has 0 spiro atoms. The van der Waals surface area contributed by atoms with Gasteiger partial charge in [0.05, 0.1) is 36.5 Å². The molecule has 0 bridgehead atoms. The van der Waals surface area contributed by atoms with Crippen LogP contribution in [0.1, 0.15) is 157 Å². The molecule has 1 heterocycles. The molecule has 0 aliphatic heterocycles. The minimum atomic E-state index is -1.01. The number of ether oxygens (including phenoxy) is 7. The Morgan fingerprint density at radius 2 is 0.795 bits per heavy atom. The predicted octanol–water partition coefficient (Wildman–Crippen LogP) is 12.4. The standard InChI is InChI=1S/C57H77N3O13/c1-8-12-15-18-21-24-33-67-55(64)39(5)70-42-27-30-45(48(61)36-42)52-58-53(46-31-28-43(37-49(46)62)71-40(6)56(65)68-34-25-22-19-16-13-9-2)60-54(59-52)47-32-29-44(38-50(47)73-51(63)11-4)72-41(7)57(66)69-35-26-23-20-17-14-10-3/h11,27-32,36-41,61-62H,4,8-10,12-26,33-35H2,1-3,5-7H3. The van der Waals surface area contributed by atoms with Crippen LogP contribution in [0.25, 0.3) is 34.2 Å². The highest BCUT2D eigenvalue weighted by atomic mass is 16.6. The molecule has 1 aromatic heterocycles. The number of benzene rings is 3. The highest BCUT2D eigenvalue weighted by molar-refractivity contribution is 5.85. The van der Waals surface area contributed by atoms with Crippen molar-refractivity contribution in [3.05, 3.63) is 67.3 Å².